The van der Waals surface area contributed by atoms with Crippen LogP contribution in [-0.4, -0.2) is 4.57 Å². The molecule has 3 aliphatic rings. The number of hydrogen-bond acceptors (Lipinski definition) is 1. The van der Waals surface area contributed by atoms with Gasteiger partial charge in [-0.2, -0.15) is 0 Å². The predicted octanol–water partition coefficient (Wildman–Crippen LogP) is 15.4. The molecule has 2 nitrogen and oxygen atoms in total. The summed E-state index contributed by atoms with van der Waals surface area (Å²) in [5.41, 5.74) is 21.6. The van der Waals surface area contributed by atoms with Crippen molar-refractivity contribution >= 4 is 38.9 Å². The third-order valence-electron chi connectivity index (χ3n) is 14.6. The summed E-state index contributed by atoms with van der Waals surface area (Å²) in [6.45, 7) is 0. The van der Waals surface area contributed by atoms with Gasteiger partial charge in [0.25, 0.3) is 0 Å². The molecule has 64 heavy (non-hydrogen) atoms. The van der Waals surface area contributed by atoms with Gasteiger partial charge < -0.3 is 9.47 Å². The molecule has 14 rings (SSSR count). The summed E-state index contributed by atoms with van der Waals surface area (Å²) in [5.74, 6) is 0. The fourth-order valence-electron chi connectivity index (χ4n) is 12.4. The molecule has 1 aromatic heterocycles. The van der Waals surface area contributed by atoms with Gasteiger partial charge in [0.2, 0.25) is 0 Å². The van der Waals surface area contributed by atoms with E-state index in [-0.39, 0.29) is 0 Å². The molecule has 10 aromatic carbocycles. The van der Waals surface area contributed by atoms with Crippen LogP contribution in [0.5, 0.6) is 0 Å². The van der Waals surface area contributed by atoms with Crippen LogP contribution in [0.15, 0.2) is 243 Å². The second-order valence-corrected chi connectivity index (χ2v) is 17.4. The minimum atomic E-state index is -0.644. The fraction of sp³-hybridized carbons (Fsp3) is 0.0323. The molecule has 0 N–H and O–H groups in total. The first kappa shape index (κ1) is 35.4. The zero-order chi connectivity index (χ0) is 42.0. The second-order valence-electron chi connectivity index (χ2n) is 17.4. The maximum absolute atomic E-state index is 2.66. The van der Waals surface area contributed by atoms with E-state index in [0.717, 1.165) is 17.1 Å². The van der Waals surface area contributed by atoms with Crippen molar-refractivity contribution < 1.29 is 0 Å². The van der Waals surface area contributed by atoms with Crippen molar-refractivity contribution in [3.8, 4) is 33.4 Å². The average molecular weight is 813 g/mol. The van der Waals surface area contributed by atoms with Crippen LogP contribution in [0.3, 0.4) is 0 Å². The van der Waals surface area contributed by atoms with E-state index >= 15 is 0 Å². The standard InChI is InChI=1S/C62H40N2/c1-3-21-41(22-4-1)62(52-34-16-9-27-45(52)46-28-10-17-35-53(46)62)64-55-37-18-12-30-48(55)60-57(39-20-40-58(60)64)63(42-23-5-2-6-24-42)56-38-19-36-54-59(56)47-29-11-15-33-51(47)61(54)49-31-13-7-25-43(49)44-26-8-14-32-50(44)61/h1-40H. The Morgan fingerprint density at radius 3 is 1.39 bits per heavy atom. The van der Waals surface area contributed by atoms with Crippen LogP contribution in [-0.2, 0) is 11.0 Å². The molecule has 3 aliphatic carbocycles. The van der Waals surface area contributed by atoms with Crippen molar-refractivity contribution in [2.75, 3.05) is 4.90 Å². The number of nitrogens with zero attached hydrogens (tertiary/aromatic N) is 2. The van der Waals surface area contributed by atoms with Crippen LogP contribution < -0.4 is 4.90 Å². The van der Waals surface area contributed by atoms with Gasteiger partial charge in [-0.05, 0) is 103 Å². The molecule has 0 saturated carbocycles. The van der Waals surface area contributed by atoms with E-state index in [9.17, 15) is 0 Å². The first-order valence-corrected chi connectivity index (χ1v) is 22.4. The fourth-order valence-corrected chi connectivity index (χ4v) is 12.4. The molecule has 0 atom stereocenters. The van der Waals surface area contributed by atoms with Crippen molar-refractivity contribution in [2.45, 2.75) is 11.0 Å². The minimum Gasteiger partial charge on any atom is -0.322 e. The summed E-state index contributed by atoms with van der Waals surface area (Å²) in [6, 6.07) is 90.6. The predicted molar refractivity (Wildman–Crippen MR) is 264 cm³/mol. The van der Waals surface area contributed by atoms with Crippen molar-refractivity contribution in [3.05, 3.63) is 282 Å². The van der Waals surface area contributed by atoms with Gasteiger partial charge in [0, 0.05) is 22.0 Å². The molecule has 0 amide bonds. The molecule has 0 aliphatic heterocycles. The highest BCUT2D eigenvalue weighted by Crippen LogP contribution is 2.65. The van der Waals surface area contributed by atoms with Crippen LogP contribution >= 0.6 is 0 Å². The van der Waals surface area contributed by atoms with E-state index in [4.69, 9.17) is 0 Å². The SMILES string of the molecule is c1ccc(N(c2cccc3c2-c2ccccc2C32c3ccccc3-c3ccccc32)c2cccc3c2c2ccccc2n3C2(c3ccccc3)c3ccccc3-c3ccccc32)cc1. The van der Waals surface area contributed by atoms with Crippen molar-refractivity contribution in [2.24, 2.45) is 0 Å². The van der Waals surface area contributed by atoms with Gasteiger partial charge in [0.1, 0.15) is 5.54 Å². The number of rotatable bonds is 5. The number of hydrogen-bond donors (Lipinski definition) is 0. The Labute approximate surface area is 372 Å². The van der Waals surface area contributed by atoms with Crippen molar-refractivity contribution in [1.82, 2.24) is 4.57 Å². The van der Waals surface area contributed by atoms with E-state index in [1.807, 2.05) is 0 Å². The van der Waals surface area contributed by atoms with Crippen LogP contribution in [0, 0.1) is 0 Å². The molecule has 0 fully saturated rings. The smallest absolute Gasteiger partial charge is 0.122 e. The Balaban J connectivity index is 1.11. The average Bonchev–Trinajstić information content (AvgIpc) is 4.06. The van der Waals surface area contributed by atoms with Crippen LogP contribution in [0.2, 0.25) is 0 Å². The maximum atomic E-state index is 2.66. The maximum Gasteiger partial charge on any atom is 0.122 e. The summed E-state index contributed by atoms with van der Waals surface area (Å²) < 4.78 is 2.66. The first-order valence-electron chi connectivity index (χ1n) is 22.4. The summed E-state index contributed by atoms with van der Waals surface area (Å²) in [7, 11) is 0. The summed E-state index contributed by atoms with van der Waals surface area (Å²) >= 11 is 0. The Hall–Kier alpha value is -8.20. The molecule has 1 heterocycles. The molecule has 2 heteroatoms. The van der Waals surface area contributed by atoms with E-state index in [2.05, 4.69) is 252 Å². The molecular weight excluding hydrogens is 773 g/mol. The van der Waals surface area contributed by atoms with Gasteiger partial charge in [0.15, 0.2) is 0 Å². The zero-order valence-electron chi connectivity index (χ0n) is 35.0. The number of anilines is 3. The van der Waals surface area contributed by atoms with Gasteiger partial charge in [-0.25, -0.2) is 0 Å². The summed E-state index contributed by atoms with van der Waals surface area (Å²) in [6.07, 6.45) is 0. The van der Waals surface area contributed by atoms with E-state index in [0.29, 0.717) is 0 Å². The number of fused-ring (bicyclic) bond motifs is 16. The third-order valence-corrected chi connectivity index (χ3v) is 14.6. The van der Waals surface area contributed by atoms with Crippen molar-refractivity contribution in [1.29, 1.82) is 0 Å². The van der Waals surface area contributed by atoms with Crippen LogP contribution in [0.1, 0.15) is 38.9 Å². The number of aromatic nitrogens is 1. The van der Waals surface area contributed by atoms with Gasteiger partial charge >= 0.3 is 0 Å². The Kier molecular flexibility index (Phi) is 7.28. The second kappa shape index (κ2) is 13.2. The number of benzene rings is 10. The molecular formula is C62H40N2. The summed E-state index contributed by atoms with van der Waals surface area (Å²) in [5, 5.41) is 2.43. The molecule has 0 saturated heterocycles. The van der Waals surface area contributed by atoms with Gasteiger partial charge in [-0.3, -0.25) is 0 Å². The molecule has 298 valence electrons. The minimum absolute atomic E-state index is 0.454. The van der Waals surface area contributed by atoms with E-state index < -0.39 is 11.0 Å². The zero-order valence-corrected chi connectivity index (χ0v) is 35.0. The van der Waals surface area contributed by atoms with E-state index in [1.54, 1.807) is 0 Å². The highest BCUT2D eigenvalue weighted by molar-refractivity contribution is 6.17. The Bertz CT molecular complexity index is 3600. The van der Waals surface area contributed by atoms with Crippen LogP contribution in [0.25, 0.3) is 55.2 Å². The molecule has 0 radical (unpaired) electrons. The Morgan fingerprint density at radius 2 is 0.750 bits per heavy atom. The number of para-hydroxylation sites is 2. The lowest BCUT2D eigenvalue weighted by Gasteiger charge is -2.36. The lowest BCUT2D eigenvalue weighted by molar-refractivity contribution is 0.564. The summed E-state index contributed by atoms with van der Waals surface area (Å²) in [4.78, 5) is 2.55. The van der Waals surface area contributed by atoms with Gasteiger partial charge in [-0.15, -0.1) is 0 Å². The normalized spacial score (nSPS) is 14.2. The van der Waals surface area contributed by atoms with E-state index in [1.165, 1.54) is 94.1 Å². The molecule has 0 bridgehead atoms. The first-order chi connectivity index (χ1) is 31.8. The molecule has 0 unspecified atom stereocenters. The lowest BCUT2D eigenvalue weighted by atomic mass is 9.70. The van der Waals surface area contributed by atoms with Gasteiger partial charge in [0.05, 0.1) is 27.8 Å². The molecule has 1 spiro atoms. The van der Waals surface area contributed by atoms with Crippen molar-refractivity contribution in [3.63, 3.8) is 0 Å². The lowest BCUT2D eigenvalue weighted by Crippen LogP contribution is -2.35. The van der Waals surface area contributed by atoms with Gasteiger partial charge in [-0.1, -0.05) is 206 Å². The highest BCUT2D eigenvalue weighted by atomic mass is 15.2. The largest absolute Gasteiger partial charge is 0.322 e. The third kappa shape index (κ3) is 4.34. The highest BCUT2D eigenvalue weighted by Gasteiger charge is 2.53. The monoisotopic (exact) mass is 812 g/mol. The quantitative estimate of drug-likeness (QED) is 0.168. The topological polar surface area (TPSA) is 8.17 Å². The Morgan fingerprint density at radius 1 is 0.312 bits per heavy atom. The van der Waals surface area contributed by atoms with Crippen LogP contribution in [0.4, 0.5) is 17.1 Å². The molecule has 11 aromatic rings.